The largest absolute Gasteiger partial charge is 0.497 e. The van der Waals surface area contributed by atoms with Crippen LogP contribution in [0.2, 0.25) is 0 Å². The smallest absolute Gasteiger partial charge is 0.228 e. The third-order valence-corrected chi connectivity index (χ3v) is 9.42. The van der Waals surface area contributed by atoms with Gasteiger partial charge in [0.25, 0.3) is 0 Å². The quantitative estimate of drug-likeness (QED) is 0.596. The maximum absolute atomic E-state index is 14.0. The second-order valence-electron chi connectivity index (χ2n) is 12.0. The Morgan fingerprint density at radius 1 is 0.944 bits per heavy atom. The minimum atomic E-state index is -0.0501. The number of hydrogen-bond donors (Lipinski definition) is 0. The molecule has 4 aliphatic carbocycles. The highest BCUT2D eigenvalue weighted by Gasteiger charge is 2.55. The Labute approximate surface area is 215 Å². The Balaban J connectivity index is 1.20. The van der Waals surface area contributed by atoms with Crippen molar-refractivity contribution in [2.24, 2.45) is 23.2 Å². The van der Waals surface area contributed by atoms with Crippen molar-refractivity contribution >= 4 is 11.7 Å². The zero-order valence-corrected chi connectivity index (χ0v) is 22.1. The number of carbonyl (C=O) groups is 1. The monoisotopic (exact) mass is 488 g/mol. The highest BCUT2D eigenvalue weighted by Crippen LogP contribution is 2.60. The van der Waals surface area contributed by atoms with Crippen molar-refractivity contribution in [1.82, 2.24) is 14.9 Å². The van der Waals surface area contributed by atoms with Gasteiger partial charge in [-0.05, 0) is 94.2 Å². The average molecular weight is 489 g/mol. The predicted octanol–water partition coefficient (Wildman–Crippen LogP) is 4.95. The third-order valence-electron chi connectivity index (χ3n) is 9.42. The lowest BCUT2D eigenvalue weighted by Crippen LogP contribution is -2.55. The van der Waals surface area contributed by atoms with Crippen molar-refractivity contribution in [3.8, 4) is 5.75 Å². The highest BCUT2D eigenvalue weighted by atomic mass is 16.5. The van der Waals surface area contributed by atoms with Crippen LogP contribution in [0.1, 0.15) is 67.6 Å². The van der Waals surface area contributed by atoms with Crippen LogP contribution >= 0.6 is 0 Å². The van der Waals surface area contributed by atoms with E-state index in [0.717, 1.165) is 99.1 Å². The van der Waals surface area contributed by atoms with Crippen molar-refractivity contribution in [1.29, 1.82) is 0 Å². The Kier molecular flexibility index (Phi) is 6.17. The standard InChI is InChI=1S/C30H40N4O2/c1-20-27(16-22-5-7-26(36-3)8-6-22)28(32-21(2)31-20)33-9-4-10-34(12-11-33)29(35)30-17-23-13-24(18-30)15-25(14-23)19-30/h5-8,23-25H,4,9-19H2,1-3H3. The third kappa shape index (κ3) is 4.37. The van der Waals surface area contributed by atoms with Gasteiger partial charge in [0.1, 0.15) is 17.4 Å². The van der Waals surface area contributed by atoms with Crippen LogP contribution in [0.25, 0.3) is 0 Å². The highest BCUT2D eigenvalue weighted by molar-refractivity contribution is 5.83. The van der Waals surface area contributed by atoms with Gasteiger partial charge in [0.05, 0.1) is 12.5 Å². The molecule has 2 heterocycles. The van der Waals surface area contributed by atoms with Crippen LogP contribution in [-0.4, -0.2) is 54.1 Å². The van der Waals surface area contributed by atoms with Gasteiger partial charge in [0.15, 0.2) is 0 Å². The molecule has 1 amide bonds. The number of ether oxygens (including phenoxy) is 1. The Morgan fingerprint density at radius 3 is 2.25 bits per heavy atom. The minimum Gasteiger partial charge on any atom is -0.497 e. The Morgan fingerprint density at radius 2 is 1.61 bits per heavy atom. The molecule has 4 bridgehead atoms. The van der Waals surface area contributed by atoms with Gasteiger partial charge in [-0.15, -0.1) is 0 Å². The predicted molar refractivity (Wildman–Crippen MR) is 141 cm³/mol. The van der Waals surface area contributed by atoms with E-state index in [2.05, 4.69) is 28.9 Å². The Hall–Kier alpha value is -2.63. The fourth-order valence-electron chi connectivity index (χ4n) is 8.17. The van der Waals surface area contributed by atoms with Crippen molar-refractivity contribution in [3.05, 3.63) is 46.9 Å². The molecular weight excluding hydrogens is 448 g/mol. The molecule has 1 saturated heterocycles. The van der Waals surface area contributed by atoms with E-state index in [-0.39, 0.29) is 5.41 Å². The molecule has 1 aliphatic heterocycles. The van der Waals surface area contributed by atoms with Gasteiger partial charge in [0, 0.05) is 43.9 Å². The number of methoxy groups -OCH3 is 1. The fourth-order valence-corrected chi connectivity index (χ4v) is 8.17. The van der Waals surface area contributed by atoms with E-state index in [1.165, 1.54) is 30.4 Å². The molecule has 5 aliphatic rings. The fraction of sp³-hybridized carbons (Fsp3) is 0.633. The van der Waals surface area contributed by atoms with Crippen LogP contribution in [0, 0.1) is 37.0 Å². The van der Waals surface area contributed by atoms with Gasteiger partial charge >= 0.3 is 0 Å². The first-order valence-corrected chi connectivity index (χ1v) is 13.9. The number of nitrogens with zero attached hydrogens (tertiary/aromatic N) is 4. The topological polar surface area (TPSA) is 58.6 Å². The van der Waals surface area contributed by atoms with Crippen LogP contribution in [0.15, 0.2) is 24.3 Å². The lowest BCUT2D eigenvalue weighted by molar-refractivity contribution is -0.157. The second kappa shape index (κ2) is 9.35. The molecule has 1 aromatic heterocycles. The first-order chi connectivity index (χ1) is 17.4. The van der Waals surface area contributed by atoms with E-state index < -0.39 is 0 Å². The summed E-state index contributed by atoms with van der Waals surface area (Å²) in [5.74, 6) is 5.60. The lowest BCUT2D eigenvalue weighted by atomic mass is 9.49. The minimum absolute atomic E-state index is 0.0501. The molecule has 0 spiro atoms. The molecule has 6 nitrogen and oxygen atoms in total. The number of amides is 1. The molecule has 2 aromatic rings. The number of anilines is 1. The van der Waals surface area contributed by atoms with Crippen LogP contribution in [0.3, 0.4) is 0 Å². The van der Waals surface area contributed by atoms with E-state index in [0.29, 0.717) is 5.91 Å². The molecule has 5 fully saturated rings. The maximum Gasteiger partial charge on any atom is 0.228 e. The van der Waals surface area contributed by atoms with Gasteiger partial charge in [-0.25, -0.2) is 9.97 Å². The first kappa shape index (κ1) is 23.7. The summed E-state index contributed by atoms with van der Waals surface area (Å²) < 4.78 is 5.33. The summed E-state index contributed by atoms with van der Waals surface area (Å²) in [6.45, 7) is 7.50. The number of benzene rings is 1. The van der Waals surface area contributed by atoms with Gasteiger partial charge in [0.2, 0.25) is 5.91 Å². The molecule has 192 valence electrons. The number of rotatable bonds is 5. The van der Waals surface area contributed by atoms with Gasteiger partial charge in [-0.3, -0.25) is 4.79 Å². The molecule has 1 aromatic carbocycles. The average Bonchev–Trinajstić information content (AvgIpc) is 3.11. The second-order valence-corrected chi connectivity index (χ2v) is 12.0. The normalized spacial score (nSPS) is 29.4. The van der Waals surface area contributed by atoms with Crippen molar-refractivity contribution in [3.63, 3.8) is 0 Å². The van der Waals surface area contributed by atoms with Crippen molar-refractivity contribution in [2.45, 2.75) is 65.2 Å². The molecular formula is C30H40N4O2. The van der Waals surface area contributed by atoms with E-state index in [4.69, 9.17) is 14.7 Å². The molecule has 7 rings (SSSR count). The summed E-state index contributed by atoms with van der Waals surface area (Å²) in [6.07, 6.45) is 9.36. The van der Waals surface area contributed by atoms with Crippen molar-refractivity contribution < 1.29 is 9.53 Å². The maximum atomic E-state index is 14.0. The lowest BCUT2D eigenvalue weighted by Gasteiger charge is -2.56. The van der Waals surface area contributed by atoms with E-state index in [1.54, 1.807) is 7.11 Å². The SMILES string of the molecule is COc1ccc(Cc2c(C)nc(C)nc2N2CCCN(C(=O)C34CC5CC(CC(C5)C3)C4)CC2)cc1. The zero-order chi connectivity index (χ0) is 24.9. The van der Waals surface area contributed by atoms with E-state index >= 15 is 0 Å². The molecule has 0 unspecified atom stereocenters. The first-order valence-electron chi connectivity index (χ1n) is 13.9. The van der Waals surface area contributed by atoms with Crippen LogP contribution in [0.5, 0.6) is 5.75 Å². The summed E-state index contributed by atoms with van der Waals surface area (Å²) in [6, 6.07) is 8.27. The van der Waals surface area contributed by atoms with Gasteiger partial charge in [-0.1, -0.05) is 12.1 Å². The summed E-state index contributed by atoms with van der Waals surface area (Å²) in [5.41, 5.74) is 3.40. The molecule has 6 heteroatoms. The van der Waals surface area contributed by atoms with Gasteiger partial charge in [-0.2, -0.15) is 0 Å². The van der Waals surface area contributed by atoms with Crippen LogP contribution in [-0.2, 0) is 11.2 Å². The Bertz CT molecular complexity index is 1090. The molecule has 0 N–H and O–H groups in total. The number of aryl methyl sites for hydroxylation is 2. The number of hydrogen-bond acceptors (Lipinski definition) is 5. The summed E-state index contributed by atoms with van der Waals surface area (Å²) in [4.78, 5) is 28.3. The molecule has 4 saturated carbocycles. The number of carbonyl (C=O) groups excluding carboxylic acids is 1. The van der Waals surface area contributed by atoms with Crippen LogP contribution in [0.4, 0.5) is 5.82 Å². The summed E-state index contributed by atoms with van der Waals surface area (Å²) in [7, 11) is 1.70. The summed E-state index contributed by atoms with van der Waals surface area (Å²) in [5, 5.41) is 0. The van der Waals surface area contributed by atoms with E-state index in [9.17, 15) is 4.79 Å². The van der Waals surface area contributed by atoms with Crippen LogP contribution < -0.4 is 9.64 Å². The molecule has 0 atom stereocenters. The number of aromatic nitrogens is 2. The summed E-state index contributed by atoms with van der Waals surface area (Å²) >= 11 is 0. The van der Waals surface area contributed by atoms with Crippen molar-refractivity contribution in [2.75, 3.05) is 38.2 Å². The van der Waals surface area contributed by atoms with Gasteiger partial charge < -0.3 is 14.5 Å². The molecule has 0 radical (unpaired) electrons. The zero-order valence-electron chi connectivity index (χ0n) is 22.1. The molecule has 36 heavy (non-hydrogen) atoms. The van der Waals surface area contributed by atoms with E-state index in [1.807, 2.05) is 19.1 Å².